The minimum atomic E-state index is 0.148. The normalized spacial score (nSPS) is 14.6. The van der Waals surface area contributed by atoms with Crippen LogP contribution in [0.1, 0.15) is 18.4 Å². The third kappa shape index (κ3) is 4.74. The summed E-state index contributed by atoms with van der Waals surface area (Å²) in [5, 5.41) is 12.8. The number of methoxy groups -OCH3 is 1. The summed E-state index contributed by atoms with van der Waals surface area (Å²) in [4.78, 5) is 2.18. The van der Waals surface area contributed by atoms with Crippen LogP contribution in [0, 0.1) is 0 Å². The lowest BCUT2D eigenvalue weighted by atomic mass is 10.1. The summed E-state index contributed by atoms with van der Waals surface area (Å²) >= 11 is 3.54. The Kier molecular flexibility index (Phi) is 6.29. The molecule has 1 aliphatic rings. The van der Waals surface area contributed by atoms with E-state index >= 15 is 0 Å². The smallest absolute Gasteiger partial charge is 0.0637 e. The summed E-state index contributed by atoms with van der Waals surface area (Å²) in [6.07, 6.45) is 2.57. The van der Waals surface area contributed by atoms with Gasteiger partial charge in [-0.05, 0) is 36.6 Å². The number of aliphatic hydroxyl groups is 1. The highest BCUT2D eigenvalue weighted by Crippen LogP contribution is 2.26. The SMILES string of the molecule is COCCN(CCO)c1ccc(Br)cc1CNC1CC1. The van der Waals surface area contributed by atoms with Crippen LogP contribution in [0.4, 0.5) is 5.69 Å². The third-order valence-corrected chi connectivity index (χ3v) is 3.97. The van der Waals surface area contributed by atoms with E-state index in [0.29, 0.717) is 19.2 Å². The van der Waals surface area contributed by atoms with Crippen LogP contribution in [0.5, 0.6) is 0 Å². The zero-order valence-electron chi connectivity index (χ0n) is 11.9. The van der Waals surface area contributed by atoms with Crippen molar-refractivity contribution < 1.29 is 9.84 Å². The highest BCUT2D eigenvalue weighted by Gasteiger charge is 2.21. The van der Waals surface area contributed by atoms with Crippen molar-refractivity contribution in [1.29, 1.82) is 0 Å². The monoisotopic (exact) mass is 342 g/mol. The van der Waals surface area contributed by atoms with Gasteiger partial charge in [-0.15, -0.1) is 0 Å². The van der Waals surface area contributed by atoms with E-state index in [4.69, 9.17) is 4.74 Å². The fraction of sp³-hybridized carbons (Fsp3) is 0.600. The minimum Gasteiger partial charge on any atom is -0.395 e. The number of nitrogens with one attached hydrogen (secondary N) is 1. The van der Waals surface area contributed by atoms with Gasteiger partial charge in [-0.2, -0.15) is 0 Å². The fourth-order valence-corrected chi connectivity index (χ4v) is 2.63. The number of halogens is 1. The molecule has 0 aromatic heterocycles. The molecule has 1 aromatic carbocycles. The predicted molar refractivity (Wildman–Crippen MR) is 85.2 cm³/mol. The number of ether oxygens (including phenoxy) is 1. The van der Waals surface area contributed by atoms with Crippen molar-refractivity contribution in [2.75, 3.05) is 38.3 Å². The minimum absolute atomic E-state index is 0.148. The maximum absolute atomic E-state index is 9.26. The van der Waals surface area contributed by atoms with E-state index in [1.165, 1.54) is 24.1 Å². The van der Waals surface area contributed by atoms with Crippen LogP contribution in [0.2, 0.25) is 0 Å². The second kappa shape index (κ2) is 7.98. The average molecular weight is 343 g/mol. The first-order valence-corrected chi connectivity index (χ1v) is 7.90. The molecule has 4 nitrogen and oxygen atoms in total. The molecule has 1 aliphatic carbocycles. The zero-order valence-corrected chi connectivity index (χ0v) is 13.5. The molecule has 0 saturated heterocycles. The lowest BCUT2D eigenvalue weighted by Gasteiger charge is -2.26. The van der Waals surface area contributed by atoms with Crippen molar-refractivity contribution in [2.45, 2.75) is 25.4 Å². The molecule has 0 heterocycles. The molecular weight excluding hydrogens is 320 g/mol. The summed E-state index contributed by atoms with van der Waals surface area (Å²) in [5.41, 5.74) is 2.43. The number of rotatable bonds is 9. The van der Waals surface area contributed by atoms with Crippen LogP contribution < -0.4 is 10.2 Å². The first-order chi connectivity index (χ1) is 9.74. The molecule has 2 rings (SSSR count). The highest BCUT2D eigenvalue weighted by atomic mass is 79.9. The van der Waals surface area contributed by atoms with Gasteiger partial charge < -0.3 is 20.1 Å². The van der Waals surface area contributed by atoms with E-state index in [2.05, 4.69) is 38.3 Å². The first-order valence-electron chi connectivity index (χ1n) is 7.11. The van der Waals surface area contributed by atoms with Crippen LogP contribution >= 0.6 is 15.9 Å². The molecule has 112 valence electrons. The number of hydrogen-bond acceptors (Lipinski definition) is 4. The molecule has 1 fully saturated rings. The van der Waals surface area contributed by atoms with Crippen molar-refractivity contribution in [1.82, 2.24) is 5.32 Å². The molecule has 0 bridgehead atoms. The molecule has 0 unspecified atom stereocenters. The Morgan fingerprint density at radius 3 is 2.85 bits per heavy atom. The molecule has 0 aliphatic heterocycles. The Labute approximate surface area is 129 Å². The van der Waals surface area contributed by atoms with Gasteiger partial charge in [-0.1, -0.05) is 15.9 Å². The lowest BCUT2D eigenvalue weighted by molar-refractivity contribution is 0.203. The summed E-state index contributed by atoms with van der Waals surface area (Å²) in [5.74, 6) is 0. The second-order valence-electron chi connectivity index (χ2n) is 5.13. The second-order valence-corrected chi connectivity index (χ2v) is 6.05. The molecule has 0 amide bonds. The molecular formula is C15H23BrN2O2. The van der Waals surface area contributed by atoms with Crippen LogP contribution in [0.25, 0.3) is 0 Å². The van der Waals surface area contributed by atoms with Gasteiger partial charge >= 0.3 is 0 Å². The van der Waals surface area contributed by atoms with E-state index in [-0.39, 0.29) is 6.61 Å². The number of anilines is 1. The van der Waals surface area contributed by atoms with Gasteiger partial charge in [0.1, 0.15) is 0 Å². The Hall–Kier alpha value is -0.620. The van der Waals surface area contributed by atoms with Gasteiger partial charge in [0.2, 0.25) is 0 Å². The molecule has 5 heteroatoms. The number of aliphatic hydroxyl groups excluding tert-OH is 1. The fourth-order valence-electron chi connectivity index (χ4n) is 2.22. The Bertz CT molecular complexity index is 424. The summed E-state index contributed by atoms with van der Waals surface area (Å²) < 4.78 is 6.25. The maximum Gasteiger partial charge on any atom is 0.0637 e. The Morgan fingerprint density at radius 2 is 2.20 bits per heavy atom. The van der Waals surface area contributed by atoms with Crippen molar-refractivity contribution in [3.8, 4) is 0 Å². The molecule has 2 N–H and O–H groups in total. The maximum atomic E-state index is 9.26. The van der Waals surface area contributed by atoms with Crippen LogP contribution in [0.15, 0.2) is 22.7 Å². The highest BCUT2D eigenvalue weighted by molar-refractivity contribution is 9.10. The summed E-state index contributed by atoms with van der Waals surface area (Å²) in [7, 11) is 1.70. The molecule has 0 radical (unpaired) electrons. The van der Waals surface area contributed by atoms with Crippen LogP contribution in [-0.4, -0.2) is 44.6 Å². The third-order valence-electron chi connectivity index (χ3n) is 3.48. The quantitative estimate of drug-likeness (QED) is 0.721. The van der Waals surface area contributed by atoms with Crippen molar-refractivity contribution in [2.24, 2.45) is 0 Å². The molecule has 1 aromatic rings. The van der Waals surface area contributed by atoms with E-state index in [0.717, 1.165) is 17.6 Å². The zero-order chi connectivity index (χ0) is 14.4. The molecule has 20 heavy (non-hydrogen) atoms. The van der Waals surface area contributed by atoms with Crippen LogP contribution in [0.3, 0.4) is 0 Å². The number of benzene rings is 1. The van der Waals surface area contributed by atoms with Gasteiger partial charge in [-0.25, -0.2) is 0 Å². The molecule has 0 spiro atoms. The topological polar surface area (TPSA) is 44.7 Å². The van der Waals surface area contributed by atoms with Gasteiger partial charge in [0.25, 0.3) is 0 Å². The van der Waals surface area contributed by atoms with Crippen molar-refractivity contribution >= 4 is 21.6 Å². The van der Waals surface area contributed by atoms with Gasteiger partial charge in [0.05, 0.1) is 13.2 Å². The van der Waals surface area contributed by atoms with Gasteiger partial charge in [-0.3, -0.25) is 0 Å². The average Bonchev–Trinajstić information content (AvgIpc) is 3.26. The summed E-state index contributed by atoms with van der Waals surface area (Å²) in [6, 6.07) is 7.00. The van der Waals surface area contributed by atoms with E-state index < -0.39 is 0 Å². The Balaban J connectivity index is 2.11. The summed E-state index contributed by atoms with van der Waals surface area (Å²) in [6.45, 7) is 3.09. The number of nitrogens with zero attached hydrogens (tertiary/aromatic N) is 1. The Morgan fingerprint density at radius 1 is 1.40 bits per heavy atom. The van der Waals surface area contributed by atoms with Gasteiger partial charge in [0.15, 0.2) is 0 Å². The molecule has 0 atom stereocenters. The predicted octanol–water partition coefficient (Wildman–Crippen LogP) is 2.15. The molecule has 1 saturated carbocycles. The van der Waals surface area contributed by atoms with Crippen molar-refractivity contribution in [3.63, 3.8) is 0 Å². The number of hydrogen-bond donors (Lipinski definition) is 2. The van der Waals surface area contributed by atoms with E-state index in [9.17, 15) is 5.11 Å². The standard InChI is InChI=1S/C15H23BrN2O2/c1-20-9-7-18(6-8-19)15-5-2-13(16)10-12(15)11-17-14-3-4-14/h2,5,10,14,17,19H,3-4,6-9,11H2,1H3. The van der Waals surface area contributed by atoms with Crippen LogP contribution in [-0.2, 0) is 11.3 Å². The van der Waals surface area contributed by atoms with Crippen molar-refractivity contribution in [3.05, 3.63) is 28.2 Å². The van der Waals surface area contributed by atoms with Gasteiger partial charge in [0, 0.05) is 42.9 Å². The largest absolute Gasteiger partial charge is 0.395 e. The van der Waals surface area contributed by atoms with E-state index in [1.54, 1.807) is 7.11 Å². The first kappa shape index (κ1) is 15.8. The van der Waals surface area contributed by atoms with E-state index in [1.807, 2.05) is 6.07 Å². The lowest BCUT2D eigenvalue weighted by Crippen LogP contribution is -2.31.